The van der Waals surface area contributed by atoms with Crippen molar-refractivity contribution in [3.63, 3.8) is 0 Å². The molecule has 3 rings (SSSR count). The molecular weight excluding hydrogens is 402 g/mol. The molecule has 162 valence electrons. The van der Waals surface area contributed by atoms with Gasteiger partial charge in [0.1, 0.15) is 13.2 Å². The van der Waals surface area contributed by atoms with Crippen molar-refractivity contribution in [1.29, 1.82) is 0 Å². The number of hydrogen-bond acceptors (Lipinski definition) is 7. The van der Waals surface area contributed by atoms with E-state index in [1.807, 2.05) is 0 Å². The summed E-state index contributed by atoms with van der Waals surface area (Å²) in [5.41, 5.74) is 1.33. The minimum absolute atomic E-state index is 0.0508. The Kier molecular flexibility index (Phi) is 7.02. The fourth-order valence-electron chi connectivity index (χ4n) is 3.04. The van der Waals surface area contributed by atoms with E-state index in [0.717, 1.165) is 0 Å². The summed E-state index contributed by atoms with van der Waals surface area (Å²) in [6.45, 7) is 3.74. The van der Waals surface area contributed by atoms with Gasteiger partial charge in [-0.05, 0) is 49.4 Å². The van der Waals surface area contributed by atoms with Gasteiger partial charge >= 0.3 is 5.97 Å². The molecule has 1 aliphatic heterocycles. The molecule has 0 spiro atoms. The molecule has 0 aliphatic carbocycles. The highest BCUT2D eigenvalue weighted by molar-refractivity contribution is 6.01. The van der Waals surface area contributed by atoms with Crippen molar-refractivity contribution in [2.75, 3.05) is 18.5 Å². The molecule has 0 saturated carbocycles. The van der Waals surface area contributed by atoms with Crippen molar-refractivity contribution in [2.45, 2.75) is 32.8 Å². The molecule has 0 fully saturated rings. The van der Waals surface area contributed by atoms with Crippen molar-refractivity contribution >= 4 is 29.1 Å². The normalized spacial score (nSPS) is 13.1. The topological polar surface area (TPSA) is 108 Å². The summed E-state index contributed by atoms with van der Waals surface area (Å²) >= 11 is 0. The van der Waals surface area contributed by atoms with Crippen LogP contribution in [0, 0.1) is 0 Å². The first-order valence-electron chi connectivity index (χ1n) is 9.87. The monoisotopic (exact) mass is 425 g/mol. The highest BCUT2D eigenvalue weighted by atomic mass is 16.6. The molecule has 8 heteroatoms. The molecule has 1 heterocycles. The quantitative estimate of drug-likeness (QED) is 0.511. The van der Waals surface area contributed by atoms with Crippen LogP contribution in [0.3, 0.4) is 0 Å². The van der Waals surface area contributed by atoms with E-state index in [1.54, 1.807) is 42.5 Å². The summed E-state index contributed by atoms with van der Waals surface area (Å²) in [6, 6.07) is 11.2. The summed E-state index contributed by atoms with van der Waals surface area (Å²) in [6.07, 6.45) is -1.19. The lowest BCUT2D eigenvalue weighted by atomic mass is 10.1. The highest BCUT2D eigenvalue weighted by Gasteiger charge is 2.21. The van der Waals surface area contributed by atoms with Crippen LogP contribution in [-0.2, 0) is 14.3 Å². The van der Waals surface area contributed by atoms with Crippen LogP contribution in [0.1, 0.15) is 47.4 Å². The van der Waals surface area contributed by atoms with Gasteiger partial charge in [-0.15, -0.1) is 0 Å². The van der Waals surface area contributed by atoms with Gasteiger partial charge in [0.15, 0.2) is 23.4 Å². The SMILES string of the molecule is CC(=O)Nc1ccc(C(=O)C(C)OC(=O)CCC(=O)c2ccc3c(c2)OCCO3)cc1. The summed E-state index contributed by atoms with van der Waals surface area (Å²) in [4.78, 5) is 48.0. The fourth-order valence-corrected chi connectivity index (χ4v) is 3.04. The zero-order valence-corrected chi connectivity index (χ0v) is 17.3. The number of amides is 1. The minimum Gasteiger partial charge on any atom is -0.486 e. The average Bonchev–Trinajstić information content (AvgIpc) is 2.76. The molecule has 2 aromatic carbocycles. The zero-order valence-electron chi connectivity index (χ0n) is 17.3. The molecule has 1 atom stereocenters. The Balaban J connectivity index is 1.50. The number of rotatable bonds is 8. The van der Waals surface area contributed by atoms with Crippen molar-refractivity contribution in [3.05, 3.63) is 53.6 Å². The van der Waals surface area contributed by atoms with Gasteiger partial charge in [-0.3, -0.25) is 19.2 Å². The number of hydrogen-bond donors (Lipinski definition) is 1. The third kappa shape index (κ3) is 5.91. The molecule has 1 amide bonds. The number of anilines is 1. The fraction of sp³-hybridized carbons (Fsp3) is 0.304. The number of esters is 1. The molecule has 1 aliphatic rings. The number of ketones is 2. The van der Waals surface area contributed by atoms with E-state index >= 15 is 0 Å². The molecule has 8 nitrogen and oxygen atoms in total. The molecule has 0 radical (unpaired) electrons. The van der Waals surface area contributed by atoms with Crippen molar-refractivity contribution in [3.8, 4) is 11.5 Å². The van der Waals surface area contributed by atoms with Crippen LogP contribution in [0.5, 0.6) is 11.5 Å². The number of carbonyl (C=O) groups is 4. The Bertz CT molecular complexity index is 997. The number of benzene rings is 2. The second-order valence-electron chi connectivity index (χ2n) is 7.04. The van der Waals surface area contributed by atoms with E-state index in [1.165, 1.54) is 13.8 Å². The molecule has 1 unspecified atom stereocenters. The van der Waals surface area contributed by atoms with Gasteiger partial charge in [0.2, 0.25) is 11.7 Å². The third-order valence-corrected chi connectivity index (χ3v) is 4.59. The van der Waals surface area contributed by atoms with Gasteiger partial charge in [-0.2, -0.15) is 0 Å². The van der Waals surface area contributed by atoms with Crippen LogP contribution in [0.2, 0.25) is 0 Å². The predicted octanol–water partition coefficient (Wildman–Crippen LogP) is 3.19. The first kappa shape index (κ1) is 22.0. The smallest absolute Gasteiger partial charge is 0.306 e. The van der Waals surface area contributed by atoms with Crippen LogP contribution < -0.4 is 14.8 Å². The maximum Gasteiger partial charge on any atom is 0.306 e. The van der Waals surface area contributed by atoms with Crippen molar-refractivity contribution in [2.24, 2.45) is 0 Å². The first-order valence-corrected chi connectivity index (χ1v) is 9.87. The van der Waals surface area contributed by atoms with Gasteiger partial charge in [0.05, 0.1) is 6.42 Å². The molecule has 2 aromatic rings. The largest absolute Gasteiger partial charge is 0.486 e. The van der Waals surface area contributed by atoms with Crippen LogP contribution in [0.15, 0.2) is 42.5 Å². The van der Waals surface area contributed by atoms with E-state index in [2.05, 4.69) is 5.32 Å². The van der Waals surface area contributed by atoms with E-state index in [-0.39, 0.29) is 30.3 Å². The van der Waals surface area contributed by atoms with Crippen LogP contribution in [0.4, 0.5) is 5.69 Å². The second kappa shape index (κ2) is 9.88. The predicted molar refractivity (Wildman–Crippen MR) is 112 cm³/mol. The second-order valence-corrected chi connectivity index (χ2v) is 7.04. The number of ether oxygens (including phenoxy) is 3. The number of nitrogens with one attached hydrogen (secondary N) is 1. The Hall–Kier alpha value is -3.68. The van der Waals surface area contributed by atoms with Crippen LogP contribution in [-0.4, -0.2) is 42.8 Å². The van der Waals surface area contributed by atoms with E-state index in [0.29, 0.717) is 41.5 Å². The van der Waals surface area contributed by atoms with Crippen molar-refractivity contribution < 1.29 is 33.4 Å². The molecule has 31 heavy (non-hydrogen) atoms. The minimum atomic E-state index is -0.997. The van der Waals surface area contributed by atoms with Gasteiger partial charge in [0.25, 0.3) is 0 Å². The summed E-state index contributed by atoms with van der Waals surface area (Å²) in [5, 5.41) is 2.61. The number of carbonyl (C=O) groups excluding carboxylic acids is 4. The first-order chi connectivity index (χ1) is 14.8. The number of fused-ring (bicyclic) bond motifs is 1. The van der Waals surface area contributed by atoms with E-state index in [4.69, 9.17) is 14.2 Å². The van der Waals surface area contributed by atoms with E-state index in [9.17, 15) is 19.2 Å². The summed E-state index contributed by atoms with van der Waals surface area (Å²) in [5.74, 6) is -0.376. The summed E-state index contributed by atoms with van der Waals surface area (Å²) < 4.78 is 16.1. The highest BCUT2D eigenvalue weighted by Crippen LogP contribution is 2.31. The summed E-state index contributed by atoms with van der Waals surface area (Å²) in [7, 11) is 0. The van der Waals surface area contributed by atoms with Crippen LogP contribution in [0.25, 0.3) is 0 Å². The van der Waals surface area contributed by atoms with Gasteiger partial charge < -0.3 is 19.5 Å². The zero-order chi connectivity index (χ0) is 22.4. The molecule has 1 N–H and O–H groups in total. The lowest BCUT2D eigenvalue weighted by Crippen LogP contribution is -2.24. The average molecular weight is 425 g/mol. The lowest BCUT2D eigenvalue weighted by Gasteiger charge is -2.18. The van der Waals surface area contributed by atoms with Gasteiger partial charge in [-0.1, -0.05) is 0 Å². The molecule has 0 bridgehead atoms. The lowest BCUT2D eigenvalue weighted by molar-refractivity contribution is -0.146. The molecule has 0 aromatic heterocycles. The Labute approximate surface area is 179 Å². The number of Topliss-reactive ketones (excluding diaryl/α,β-unsaturated/α-hetero) is 2. The molecular formula is C23H23NO7. The van der Waals surface area contributed by atoms with Crippen molar-refractivity contribution in [1.82, 2.24) is 0 Å². The van der Waals surface area contributed by atoms with Crippen LogP contribution >= 0.6 is 0 Å². The Morgan fingerprint density at radius 3 is 2.26 bits per heavy atom. The third-order valence-electron chi connectivity index (χ3n) is 4.59. The van der Waals surface area contributed by atoms with Gasteiger partial charge in [0, 0.05) is 30.2 Å². The maximum absolute atomic E-state index is 12.5. The Morgan fingerprint density at radius 2 is 1.58 bits per heavy atom. The standard InChI is InChI=1S/C23H23NO7/c1-14(23(28)16-3-6-18(7-4-16)24-15(2)25)31-22(27)10-8-19(26)17-5-9-20-21(13-17)30-12-11-29-20/h3-7,9,13-14H,8,10-12H2,1-2H3,(H,24,25). The molecule has 0 saturated heterocycles. The maximum atomic E-state index is 12.5. The van der Waals surface area contributed by atoms with E-state index < -0.39 is 12.1 Å². The Morgan fingerprint density at radius 1 is 0.935 bits per heavy atom. The van der Waals surface area contributed by atoms with Gasteiger partial charge in [-0.25, -0.2) is 0 Å².